The van der Waals surface area contributed by atoms with Gasteiger partial charge >= 0.3 is 5.97 Å². The maximum Gasteiger partial charge on any atom is 0.326 e. The molecular formula is C13H14INO5. The van der Waals surface area contributed by atoms with Gasteiger partial charge in [-0.15, -0.1) is 0 Å². The molecule has 1 fully saturated rings. The molecule has 0 radical (unpaired) electrons. The highest BCUT2D eigenvalue weighted by Crippen LogP contribution is 2.25. The molecule has 108 valence electrons. The second kappa shape index (κ2) is 5.96. The van der Waals surface area contributed by atoms with Crippen LogP contribution in [0.2, 0.25) is 0 Å². The zero-order valence-electron chi connectivity index (χ0n) is 10.7. The number of carbonyl (C=O) groups excluding carboxylic acids is 1. The third-order valence-electron chi connectivity index (χ3n) is 3.34. The number of hydrogen-bond donors (Lipinski definition) is 2. The van der Waals surface area contributed by atoms with Crippen molar-refractivity contribution in [1.82, 2.24) is 4.90 Å². The van der Waals surface area contributed by atoms with E-state index in [0.29, 0.717) is 3.57 Å². The highest BCUT2D eigenvalue weighted by molar-refractivity contribution is 14.1. The van der Waals surface area contributed by atoms with Crippen LogP contribution in [0.5, 0.6) is 5.75 Å². The van der Waals surface area contributed by atoms with Crippen molar-refractivity contribution in [3.8, 4) is 5.75 Å². The Balaban J connectivity index is 2.26. The molecule has 1 aliphatic rings. The van der Waals surface area contributed by atoms with Gasteiger partial charge in [-0.3, -0.25) is 4.79 Å². The molecule has 1 amide bonds. The summed E-state index contributed by atoms with van der Waals surface area (Å²) in [6, 6.07) is 3.64. The van der Waals surface area contributed by atoms with Gasteiger partial charge in [0.1, 0.15) is 11.8 Å². The third-order valence-corrected chi connectivity index (χ3v) is 4.25. The van der Waals surface area contributed by atoms with Crippen molar-refractivity contribution in [2.75, 3.05) is 13.7 Å². The molecule has 20 heavy (non-hydrogen) atoms. The fraction of sp³-hybridized carbons (Fsp3) is 0.385. The standard InChI is InChI=1S/C13H14INO5/c1-20-8-5-10(13(18)19)15(6-8)12(17)7-2-3-9(14)11(16)4-7/h2-4,8,10,16H,5-6H2,1H3,(H,18,19). The van der Waals surface area contributed by atoms with Gasteiger partial charge in [0.05, 0.1) is 9.67 Å². The van der Waals surface area contributed by atoms with Gasteiger partial charge in [-0.25, -0.2) is 4.79 Å². The Morgan fingerprint density at radius 2 is 2.15 bits per heavy atom. The minimum Gasteiger partial charge on any atom is -0.507 e. The van der Waals surface area contributed by atoms with Crippen LogP contribution >= 0.6 is 22.6 Å². The zero-order chi connectivity index (χ0) is 14.9. The van der Waals surface area contributed by atoms with E-state index in [0.717, 1.165) is 0 Å². The molecule has 0 aromatic heterocycles. The molecule has 1 aromatic rings. The van der Waals surface area contributed by atoms with Gasteiger partial charge in [-0.05, 0) is 40.8 Å². The minimum atomic E-state index is -1.05. The van der Waals surface area contributed by atoms with Gasteiger partial charge in [-0.1, -0.05) is 0 Å². The summed E-state index contributed by atoms with van der Waals surface area (Å²) in [5.41, 5.74) is 0.269. The summed E-state index contributed by atoms with van der Waals surface area (Å²) in [4.78, 5) is 24.9. The molecule has 6 nitrogen and oxygen atoms in total. The monoisotopic (exact) mass is 391 g/mol. The lowest BCUT2D eigenvalue weighted by Gasteiger charge is -2.21. The van der Waals surface area contributed by atoms with Crippen molar-refractivity contribution in [1.29, 1.82) is 0 Å². The van der Waals surface area contributed by atoms with E-state index in [1.165, 1.54) is 18.1 Å². The first-order valence-electron chi connectivity index (χ1n) is 5.99. The highest BCUT2D eigenvalue weighted by Gasteiger charge is 2.40. The Bertz CT molecular complexity index is 548. The van der Waals surface area contributed by atoms with E-state index in [1.54, 1.807) is 12.1 Å². The van der Waals surface area contributed by atoms with Crippen LogP contribution in [0.25, 0.3) is 0 Å². The summed E-state index contributed by atoms with van der Waals surface area (Å²) in [5.74, 6) is -1.46. The Kier molecular flexibility index (Phi) is 4.48. The van der Waals surface area contributed by atoms with E-state index < -0.39 is 17.9 Å². The lowest BCUT2D eigenvalue weighted by molar-refractivity contribution is -0.141. The molecule has 2 atom stereocenters. The van der Waals surface area contributed by atoms with Crippen LogP contribution in [0.15, 0.2) is 18.2 Å². The average molecular weight is 391 g/mol. The average Bonchev–Trinajstić information content (AvgIpc) is 2.85. The fourth-order valence-corrected chi connectivity index (χ4v) is 2.57. The van der Waals surface area contributed by atoms with Crippen molar-refractivity contribution in [3.05, 3.63) is 27.3 Å². The first-order valence-corrected chi connectivity index (χ1v) is 7.07. The predicted molar refractivity (Wildman–Crippen MR) is 78.7 cm³/mol. The van der Waals surface area contributed by atoms with Gasteiger partial charge in [-0.2, -0.15) is 0 Å². The van der Waals surface area contributed by atoms with Crippen LogP contribution in [-0.2, 0) is 9.53 Å². The van der Waals surface area contributed by atoms with Crippen molar-refractivity contribution >= 4 is 34.5 Å². The van der Waals surface area contributed by atoms with Crippen LogP contribution < -0.4 is 0 Å². The first-order chi connectivity index (χ1) is 9.43. The predicted octanol–water partition coefficient (Wildman–Crippen LogP) is 1.31. The Morgan fingerprint density at radius 1 is 1.45 bits per heavy atom. The number of rotatable bonds is 3. The molecule has 0 bridgehead atoms. The summed E-state index contributed by atoms with van der Waals surface area (Å²) in [5, 5.41) is 18.8. The van der Waals surface area contributed by atoms with Crippen LogP contribution in [-0.4, -0.2) is 52.8 Å². The van der Waals surface area contributed by atoms with Gasteiger partial charge in [0.25, 0.3) is 5.91 Å². The number of carbonyl (C=O) groups is 2. The number of carboxylic acids is 1. The summed E-state index contributed by atoms with van der Waals surface area (Å²) < 4.78 is 5.77. The smallest absolute Gasteiger partial charge is 0.326 e. The Morgan fingerprint density at radius 3 is 2.70 bits per heavy atom. The van der Waals surface area contributed by atoms with Gasteiger partial charge < -0.3 is 19.8 Å². The molecule has 1 saturated heterocycles. The molecule has 2 N–H and O–H groups in total. The second-order valence-corrected chi connectivity index (χ2v) is 5.73. The largest absolute Gasteiger partial charge is 0.507 e. The molecule has 2 rings (SSSR count). The summed E-state index contributed by atoms with van der Waals surface area (Å²) >= 11 is 1.95. The molecule has 2 unspecified atom stereocenters. The maximum absolute atomic E-state index is 12.4. The Hall–Kier alpha value is -1.35. The molecular weight excluding hydrogens is 377 g/mol. The molecule has 1 heterocycles. The van der Waals surface area contributed by atoms with Gasteiger partial charge in [0.15, 0.2) is 0 Å². The number of nitrogens with zero attached hydrogens (tertiary/aromatic N) is 1. The number of aliphatic carboxylic acids is 1. The number of aromatic hydroxyl groups is 1. The van der Waals surface area contributed by atoms with E-state index >= 15 is 0 Å². The zero-order valence-corrected chi connectivity index (χ0v) is 12.9. The number of benzene rings is 1. The van der Waals surface area contributed by atoms with E-state index in [4.69, 9.17) is 4.74 Å². The number of methoxy groups -OCH3 is 1. The van der Waals surface area contributed by atoms with Crippen molar-refractivity contribution in [2.45, 2.75) is 18.6 Å². The molecule has 1 aliphatic heterocycles. The van der Waals surface area contributed by atoms with E-state index in [1.807, 2.05) is 22.6 Å². The third kappa shape index (κ3) is 2.88. The molecule has 0 saturated carbocycles. The summed E-state index contributed by atoms with van der Waals surface area (Å²) in [6.07, 6.45) is -0.00835. The van der Waals surface area contributed by atoms with E-state index in [9.17, 15) is 19.8 Å². The van der Waals surface area contributed by atoms with Crippen LogP contribution in [0.1, 0.15) is 16.8 Å². The molecule has 7 heteroatoms. The summed E-state index contributed by atoms with van der Waals surface area (Å²) in [7, 11) is 1.49. The Labute approximate surface area is 129 Å². The number of halogens is 1. The van der Waals surface area contributed by atoms with E-state index in [-0.39, 0.29) is 30.4 Å². The number of likely N-dealkylation sites (tertiary alicyclic amines) is 1. The van der Waals surface area contributed by atoms with Gasteiger partial charge in [0.2, 0.25) is 0 Å². The highest BCUT2D eigenvalue weighted by atomic mass is 127. The minimum absolute atomic E-state index is 0.00538. The molecule has 0 aliphatic carbocycles. The molecule has 1 aromatic carbocycles. The molecule has 0 spiro atoms. The lowest BCUT2D eigenvalue weighted by Crippen LogP contribution is -2.40. The van der Waals surface area contributed by atoms with Crippen molar-refractivity contribution < 1.29 is 24.5 Å². The lowest BCUT2D eigenvalue weighted by atomic mass is 10.1. The number of amides is 1. The van der Waals surface area contributed by atoms with Gasteiger partial charge in [0, 0.05) is 25.6 Å². The van der Waals surface area contributed by atoms with Crippen molar-refractivity contribution in [3.63, 3.8) is 0 Å². The first kappa shape index (κ1) is 15.0. The quantitative estimate of drug-likeness (QED) is 0.759. The SMILES string of the molecule is COC1CC(C(=O)O)N(C(=O)c2ccc(I)c(O)c2)C1. The number of phenols is 1. The van der Waals surface area contributed by atoms with Crippen molar-refractivity contribution in [2.24, 2.45) is 0 Å². The number of ether oxygens (including phenoxy) is 1. The number of phenolic OH excluding ortho intramolecular Hbond substituents is 1. The second-order valence-electron chi connectivity index (χ2n) is 4.57. The van der Waals surface area contributed by atoms with E-state index in [2.05, 4.69) is 0 Å². The topological polar surface area (TPSA) is 87.1 Å². The van der Waals surface area contributed by atoms with Crippen LogP contribution in [0.3, 0.4) is 0 Å². The van der Waals surface area contributed by atoms with Crippen LogP contribution in [0.4, 0.5) is 0 Å². The number of carboxylic acid groups (broad SMARTS) is 1. The maximum atomic E-state index is 12.4. The van der Waals surface area contributed by atoms with Crippen LogP contribution in [0, 0.1) is 3.57 Å². The normalized spacial score (nSPS) is 22.0. The fourth-order valence-electron chi connectivity index (χ4n) is 2.24. The number of hydrogen-bond acceptors (Lipinski definition) is 4. The summed E-state index contributed by atoms with van der Waals surface area (Å²) in [6.45, 7) is 0.235.